The Labute approximate surface area is 92.0 Å². The monoisotopic (exact) mass is 214 g/mol. The van der Waals surface area contributed by atoms with E-state index in [1.165, 1.54) is 0 Å². The Morgan fingerprint density at radius 3 is 2.53 bits per heavy atom. The molecule has 1 rings (SSSR count). The van der Waals surface area contributed by atoms with E-state index in [0.717, 1.165) is 0 Å². The number of morpholine rings is 1. The molecule has 1 N–H and O–H groups in total. The van der Waals surface area contributed by atoms with Gasteiger partial charge in [-0.05, 0) is 34.6 Å². The minimum absolute atomic E-state index is 0.00477. The van der Waals surface area contributed by atoms with Crippen LogP contribution in [0.3, 0.4) is 0 Å². The number of nitrogens with zero attached hydrogens (tertiary/aromatic N) is 1. The van der Waals surface area contributed by atoms with E-state index in [0.29, 0.717) is 13.2 Å². The predicted molar refractivity (Wildman–Crippen MR) is 59.9 cm³/mol. The zero-order valence-electron chi connectivity index (χ0n) is 10.3. The standard InChI is InChI=1S/C11H22N2O2/c1-8-9(2)15-7-6-13(8)10(14)12-11(3,4)5/h8-9H,6-7H2,1-5H3,(H,12,14). The molecule has 1 fully saturated rings. The molecule has 0 aromatic carbocycles. The van der Waals surface area contributed by atoms with Gasteiger partial charge in [0, 0.05) is 12.1 Å². The van der Waals surface area contributed by atoms with Gasteiger partial charge < -0.3 is 15.0 Å². The average Bonchev–Trinajstić information content (AvgIpc) is 2.06. The van der Waals surface area contributed by atoms with Crippen LogP contribution in [-0.4, -0.2) is 41.8 Å². The summed E-state index contributed by atoms with van der Waals surface area (Å²) >= 11 is 0. The molecule has 1 aliphatic rings. The highest BCUT2D eigenvalue weighted by Crippen LogP contribution is 2.14. The maximum atomic E-state index is 11.9. The quantitative estimate of drug-likeness (QED) is 0.665. The maximum Gasteiger partial charge on any atom is 0.318 e. The maximum absolute atomic E-state index is 11.9. The highest BCUT2D eigenvalue weighted by molar-refractivity contribution is 5.75. The molecule has 1 heterocycles. The van der Waals surface area contributed by atoms with Gasteiger partial charge in [0.05, 0.1) is 18.8 Å². The average molecular weight is 214 g/mol. The van der Waals surface area contributed by atoms with Crippen LogP contribution in [0.25, 0.3) is 0 Å². The van der Waals surface area contributed by atoms with Gasteiger partial charge in [0.1, 0.15) is 0 Å². The largest absolute Gasteiger partial charge is 0.375 e. The first-order valence-corrected chi connectivity index (χ1v) is 5.51. The third-order valence-electron chi connectivity index (χ3n) is 2.63. The van der Waals surface area contributed by atoms with Crippen molar-refractivity contribution in [1.82, 2.24) is 10.2 Å². The number of hydrogen-bond acceptors (Lipinski definition) is 2. The Bertz CT molecular complexity index is 235. The highest BCUT2D eigenvalue weighted by atomic mass is 16.5. The molecule has 88 valence electrons. The van der Waals surface area contributed by atoms with Crippen LogP contribution in [-0.2, 0) is 4.74 Å². The summed E-state index contributed by atoms with van der Waals surface area (Å²) in [6, 6.07) is 0.145. The summed E-state index contributed by atoms with van der Waals surface area (Å²) in [7, 11) is 0. The number of carbonyl (C=O) groups is 1. The van der Waals surface area contributed by atoms with E-state index in [-0.39, 0.29) is 23.7 Å². The van der Waals surface area contributed by atoms with Crippen LogP contribution in [0.1, 0.15) is 34.6 Å². The van der Waals surface area contributed by atoms with Gasteiger partial charge in [0.2, 0.25) is 0 Å². The van der Waals surface area contributed by atoms with Crippen molar-refractivity contribution >= 4 is 6.03 Å². The summed E-state index contributed by atoms with van der Waals surface area (Å²) in [5, 5.41) is 2.97. The number of amides is 2. The summed E-state index contributed by atoms with van der Waals surface area (Å²) in [6.45, 7) is 11.3. The number of carbonyl (C=O) groups excluding carboxylic acids is 1. The second-order valence-electron chi connectivity index (χ2n) is 5.19. The van der Waals surface area contributed by atoms with Gasteiger partial charge in [-0.15, -0.1) is 0 Å². The number of ether oxygens (including phenoxy) is 1. The summed E-state index contributed by atoms with van der Waals surface area (Å²) in [4.78, 5) is 13.8. The molecule has 0 radical (unpaired) electrons. The number of nitrogens with one attached hydrogen (secondary N) is 1. The van der Waals surface area contributed by atoms with Crippen LogP contribution in [0.15, 0.2) is 0 Å². The van der Waals surface area contributed by atoms with Crippen LogP contribution in [0.4, 0.5) is 4.79 Å². The van der Waals surface area contributed by atoms with Gasteiger partial charge in [0.25, 0.3) is 0 Å². The predicted octanol–water partition coefficient (Wildman–Crippen LogP) is 1.60. The van der Waals surface area contributed by atoms with Gasteiger partial charge in [0.15, 0.2) is 0 Å². The fourth-order valence-electron chi connectivity index (χ4n) is 1.61. The second kappa shape index (κ2) is 4.39. The topological polar surface area (TPSA) is 41.6 Å². The number of urea groups is 1. The third-order valence-corrected chi connectivity index (χ3v) is 2.63. The molecule has 0 saturated carbocycles. The van der Waals surface area contributed by atoms with Gasteiger partial charge >= 0.3 is 6.03 Å². The molecule has 4 heteroatoms. The molecule has 15 heavy (non-hydrogen) atoms. The Morgan fingerprint density at radius 2 is 2.00 bits per heavy atom. The Kier molecular flexibility index (Phi) is 3.60. The first kappa shape index (κ1) is 12.3. The summed E-state index contributed by atoms with van der Waals surface area (Å²) in [5.74, 6) is 0. The van der Waals surface area contributed by atoms with Crippen molar-refractivity contribution in [2.45, 2.75) is 52.3 Å². The molecule has 0 aliphatic carbocycles. The lowest BCUT2D eigenvalue weighted by molar-refractivity contribution is -0.0383. The van der Waals surface area contributed by atoms with Crippen molar-refractivity contribution in [3.63, 3.8) is 0 Å². The van der Waals surface area contributed by atoms with Crippen molar-refractivity contribution in [2.24, 2.45) is 0 Å². The molecular formula is C11H22N2O2. The lowest BCUT2D eigenvalue weighted by atomic mass is 10.1. The number of rotatable bonds is 0. The fourth-order valence-corrected chi connectivity index (χ4v) is 1.61. The molecule has 0 aromatic rings. The summed E-state index contributed by atoms with van der Waals surface area (Å²) in [5.41, 5.74) is -0.182. The smallest absolute Gasteiger partial charge is 0.318 e. The highest BCUT2D eigenvalue weighted by Gasteiger charge is 2.30. The van der Waals surface area contributed by atoms with E-state index in [9.17, 15) is 4.79 Å². The van der Waals surface area contributed by atoms with E-state index < -0.39 is 0 Å². The van der Waals surface area contributed by atoms with Crippen molar-refractivity contribution in [3.05, 3.63) is 0 Å². The van der Waals surface area contributed by atoms with Crippen LogP contribution < -0.4 is 5.32 Å². The lowest BCUT2D eigenvalue weighted by Crippen LogP contribution is -2.57. The van der Waals surface area contributed by atoms with Crippen molar-refractivity contribution in [3.8, 4) is 0 Å². The Morgan fingerprint density at radius 1 is 1.40 bits per heavy atom. The SMILES string of the molecule is CC1OCCN(C(=O)NC(C)(C)C)C1C. The van der Waals surface area contributed by atoms with E-state index in [2.05, 4.69) is 5.32 Å². The first-order valence-electron chi connectivity index (χ1n) is 5.51. The molecule has 2 amide bonds. The zero-order chi connectivity index (χ0) is 11.6. The van der Waals surface area contributed by atoms with Gasteiger partial charge in [-0.3, -0.25) is 0 Å². The molecule has 2 atom stereocenters. The third kappa shape index (κ3) is 3.38. The van der Waals surface area contributed by atoms with Crippen LogP contribution in [0, 0.1) is 0 Å². The molecule has 2 unspecified atom stereocenters. The molecular weight excluding hydrogens is 192 g/mol. The minimum Gasteiger partial charge on any atom is -0.375 e. The first-order chi connectivity index (χ1) is 6.81. The van der Waals surface area contributed by atoms with E-state index in [4.69, 9.17) is 4.74 Å². The summed E-state index contributed by atoms with van der Waals surface area (Å²) in [6.07, 6.45) is 0.115. The van der Waals surface area contributed by atoms with Gasteiger partial charge in [-0.2, -0.15) is 0 Å². The number of hydrogen-bond donors (Lipinski definition) is 1. The van der Waals surface area contributed by atoms with Crippen molar-refractivity contribution in [1.29, 1.82) is 0 Å². The minimum atomic E-state index is -0.182. The van der Waals surface area contributed by atoms with Crippen molar-refractivity contribution in [2.75, 3.05) is 13.2 Å². The molecule has 0 bridgehead atoms. The fraction of sp³-hybridized carbons (Fsp3) is 0.909. The molecule has 1 aliphatic heterocycles. The van der Waals surface area contributed by atoms with E-state index in [1.54, 1.807) is 0 Å². The Hall–Kier alpha value is -0.770. The zero-order valence-corrected chi connectivity index (χ0v) is 10.3. The molecule has 0 aromatic heterocycles. The Balaban J connectivity index is 2.59. The van der Waals surface area contributed by atoms with E-state index >= 15 is 0 Å². The van der Waals surface area contributed by atoms with Gasteiger partial charge in [-0.1, -0.05) is 0 Å². The normalized spacial score (nSPS) is 27.7. The van der Waals surface area contributed by atoms with Crippen LogP contribution in [0.2, 0.25) is 0 Å². The van der Waals surface area contributed by atoms with Crippen LogP contribution >= 0.6 is 0 Å². The van der Waals surface area contributed by atoms with Gasteiger partial charge in [-0.25, -0.2) is 4.79 Å². The molecule has 4 nitrogen and oxygen atoms in total. The van der Waals surface area contributed by atoms with Crippen LogP contribution in [0.5, 0.6) is 0 Å². The second-order valence-corrected chi connectivity index (χ2v) is 5.19. The summed E-state index contributed by atoms with van der Waals surface area (Å²) < 4.78 is 5.48. The molecule has 1 saturated heterocycles. The molecule has 0 spiro atoms. The van der Waals surface area contributed by atoms with E-state index in [1.807, 2.05) is 39.5 Å². The van der Waals surface area contributed by atoms with Crippen molar-refractivity contribution < 1.29 is 9.53 Å². The lowest BCUT2D eigenvalue weighted by Gasteiger charge is -2.39.